The van der Waals surface area contributed by atoms with Gasteiger partial charge in [0.25, 0.3) is 0 Å². The van der Waals surface area contributed by atoms with Crippen molar-refractivity contribution >= 4 is 17.5 Å². The summed E-state index contributed by atoms with van der Waals surface area (Å²) in [5.41, 5.74) is -0.518. The molecule has 4 bridgehead atoms. The largest absolute Gasteiger partial charge is 0.459 e. The lowest BCUT2D eigenvalue weighted by atomic mass is 9.75. The van der Waals surface area contributed by atoms with Gasteiger partial charge in [-0.05, 0) is 91.8 Å². The third-order valence-corrected chi connectivity index (χ3v) is 12.3. The van der Waals surface area contributed by atoms with Crippen molar-refractivity contribution in [3.05, 3.63) is 35.9 Å². The van der Waals surface area contributed by atoms with Crippen molar-refractivity contribution in [3.63, 3.8) is 0 Å². The van der Waals surface area contributed by atoms with Gasteiger partial charge in [0.15, 0.2) is 17.7 Å². The maximum atomic E-state index is 14.2. The Bertz CT molecular complexity index is 1430. The first-order valence-corrected chi connectivity index (χ1v) is 20.1. The van der Waals surface area contributed by atoms with Crippen molar-refractivity contribution < 1.29 is 48.0 Å². The molecular weight excluding hydrogens is 692 g/mol. The van der Waals surface area contributed by atoms with E-state index in [9.17, 15) is 14.7 Å². The predicted molar refractivity (Wildman–Crippen MR) is 204 cm³/mol. The SMILES string of the molecule is CC[C@H]1OC(=O)[C@H](C)[C@H]2OC/C(=N\OCCCCc3ccccc3)CO[C@@](C)(C[C@@H](C)C3OC1(C)C(=O)C3C)[C@H](O[C@@H]1O[C@H](C)C[C@H](N(C)C)[C@H]1O)[C@@H]2C. The average molecular weight is 759 g/mol. The van der Waals surface area contributed by atoms with Crippen molar-refractivity contribution in [1.29, 1.82) is 0 Å². The van der Waals surface area contributed by atoms with Gasteiger partial charge in [0.1, 0.15) is 24.5 Å². The number of aryl methyl sites for hydroxylation is 1. The molecule has 4 aliphatic rings. The van der Waals surface area contributed by atoms with Crippen LogP contribution in [0, 0.1) is 23.7 Å². The molecular formula is C42H66N2O10. The van der Waals surface area contributed by atoms with Crippen LogP contribution in [0.2, 0.25) is 0 Å². The lowest BCUT2D eigenvalue weighted by molar-refractivity contribution is -0.302. The number of oxime groups is 1. The van der Waals surface area contributed by atoms with Crippen molar-refractivity contribution in [2.45, 2.75) is 154 Å². The number of fused-ring (bicyclic) bond motifs is 5. The molecule has 12 heteroatoms. The van der Waals surface area contributed by atoms with Crippen LogP contribution < -0.4 is 0 Å². The molecule has 3 unspecified atom stereocenters. The Balaban J connectivity index is 1.49. The zero-order valence-corrected chi connectivity index (χ0v) is 34.2. The summed E-state index contributed by atoms with van der Waals surface area (Å²) >= 11 is 0. The molecule has 5 rings (SSSR count). The van der Waals surface area contributed by atoms with Gasteiger partial charge in [-0.15, -0.1) is 0 Å². The highest BCUT2D eigenvalue weighted by Crippen LogP contribution is 2.45. The van der Waals surface area contributed by atoms with Gasteiger partial charge < -0.3 is 43.3 Å². The van der Waals surface area contributed by atoms with E-state index in [1.807, 2.05) is 71.8 Å². The Hall–Kier alpha value is -2.45. The Kier molecular flexibility index (Phi) is 14.4. The van der Waals surface area contributed by atoms with Crippen molar-refractivity contribution in [2.24, 2.45) is 28.8 Å². The second-order valence-corrected chi connectivity index (χ2v) is 16.9. The van der Waals surface area contributed by atoms with Crippen molar-refractivity contribution in [2.75, 3.05) is 33.9 Å². The first kappa shape index (κ1) is 42.7. The van der Waals surface area contributed by atoms with Crippen LogP contribution in [0.3, 0.4) is 0 Å². The molecule has 4 heterocycles. The van der Waals surface area contributed by atoms with Gasteiger partial charge in [0.05, 0.1) is 49.1 Å². The van der Waals surface area contributed by atoms with Crippen LogP contribution in [0.1, 0.15) is 93.1 Å². The molecule has 12 nitrogen and oxygen atoms in total. The van der Waals surface area contributed by atoms with E-state index in [1.54, 1.807) is 13.8 Å². The number of ketones is 1. The fraction of sp³-hybridized carbons (Fsp3) is 0.786. The van der Waals surface area contributed by atoms with Crippen LogP contribution in [-0.4, -0.2) is 122 Å². The maximum Gasteiger partial charge on any atom is 0.311 e. The number of carbonyl (C=O) groups is 2. The van der Waals surface area contributed by atoms with Crippen LogP contribution in [0.4, 0.5) is 0 Å². The molecule has 1 N–H and O–H groups in total. The molecule has 54 heavy (non-hydrogen) atoms. The molecule has 304 valence electrons. The van der Waals surface area contributed by atoms with Gasteiger partial charge in [-0.1, -0.05) is 63.2 Å². The number of benzene rings is 1. The lowest BCUT2D eigenvalue weighted by Gasteiger charge is -2.48. The number of nitrogens with zero attached hydrogens (tertiary/aromatic N) is 2. The van der Waals surface area contributed by atoms with Gasteiger partial charge in [0.2, 0.25) is 0 Å². The Morgan fingerprint density at radius 2 is 1.70 bits per heavy atom. The number of aliphatic hydroxyl groups excluding tert-OH is 1. The number of esters is 1. The molecule has 4 fully saturated rings. The van der Waals surface area contributed by atoms with Gasteiger partial charge >= 0.3 is 5.97 Å². The highest BCUT2D eigenvalue weighted by molar-refractivity contribution is 5.92. The number of aliphatic hydroxyl groups is 1. The molecule has 1 aromatic carbocycles. The summed E-state index contributed by atoms with van der Waals surface area (Å²) in [5.74, 6) is -2.44. The van der Waals surface area contributed by atoms with Crippen LogP contribution in [0.15, 0.2) is 35.5 Å². The first-order chi connectivity index (χ1) is 25.6. The zero-order valence-electron chi connectivity index (χ0n) is 34.2. The molecule has 0 saturated carbocycles. The van der Waals surface area contributed by atoms with Gasteiger partial charge in [-0.3, -0.25) is 9.59 Å². The fourth-order valence-corrected chi connectivity index (χ4v) is 9.23. The molecule has 14 atom stereocenters. The monoisotopic (exact) mass is 758 g/mol. The van der Waals surface area contributed by atoms with Gasteiger partial charge in [-0.25, -0.2) is 0 Å². The highest BCUT2D eigenvalue weighted by Gasteiger charge is 2.58. The molecule has 0 aromatic heterocycles. The maximum absolute atomic E-state index is 14.2. The summed E-state index contributed by atoms with van der Waals surface area (Å²) in [6, 6.07) is 10.2. The summed E-state index contributed by atoms with van der Waals surface area (Å²) in [4.78, 5) is 35.9. The fourth-order valence-electron chi connectivity index (χ4n) is 9.23. The topological polar surface area (TPSA) is 135 Å². The molecule has 0 spiro atoms. The molecule has 4 saturated heterocycles. The summed E-state index contributed by atoms with van der Waals surface area (Å²) < 4.78 is 39.7. The third kappa shape index (κ3) is 9.39. The minimum atomic E-state index is -1.29. The van der Waals surface area contributed by atoms with E-state index in [-0.39, 0.29) is 37.1 Å². The average Bonchev–Trinajstić information content (AvgIpc) is 3.39. The number of hydrogen-bond acceptors (Lipinski definition) is 12. The quantitative estimate of drug-likeness (QED) is 0.188. The summed E-state index contributed by atoms with van der Waals surface area (Å²) in [6.07, 6.45) is -0.596. The summed E-state index contributed by atoms with van der Waals surface area (Å²) in [6.45, 7) is 15.9. The first-order valence-electron chi connectivity index (χ1n) is 20.1. The van der Waals surface area contributed by atoms with E-state index in [0.29, 0.717) is 31.6 Å². The molecule has 1 aromatic rings. The standard InChI is InChI=1S/C42H66N2O10/c1-11-33-42(8)37(46)27(4)35(54-42)25(2)22-41(7)38(53-40-34(45)32(44(9)10)21-26(3)51-40)28(5)36(29(6)39(47)52-33)48-23-31(24-49-41)43-50-20-16-15-19-30-17-13-12-14-18-30/h12-14,17-18,25-29,32-36,38,40,45H,11,15-16,19-24H2,1-10H3/b43-31+/t25-,26-,27?,28-,29-,32+,33-,34-,35?,36+,38-,40+,41+,42?/m1/s1. The number of carbonyl (C=O) groups excluding carboxylic acids is 2. The third-order valence-electron chi connectivity index (χ3n) is 12.3. The summed E-state index contributed by atoms with van der Waals surface area (Å²) in [5, 5.41) is 16.1. The number of Topliss-reactive ketones (excluding diaryl/α,β-unsaturated/α-hetero) is 1. The van der Waals surface area contributed by atoms with Crippen molar-refractivity contribution in [1.82, 2.24) is 4.90 Å². The Morgan fingerprint density at radius 1 is 0.981 bits per heavy atom. The zero-order chi connectivity index (χ0) is 39.4. The Morgan fingerprint density at radius 3 is 2.39 bits per heavy atom. The molecule has 4 aliphatic heterocycles. The van der Waals surface area contributed by atoms with Gasteiger partial charge in [0, 0.05) is 17.9 Å². The number of unbranched alkanes of at least 4 members (excludes halogenated alkanes) is 1. The number of ether oxygens (including phenoxy) is 6. The molecule has 0 aliphatic carbocycles. The van der Waals surface area contributed by atoms with Crippen LogP contribution in [0.25, 0.3) is 0 Å². The van der Waals surface area contributed by atoms with Crippen molar-refractivity contribution in [3.8, 4) is 0 Å². The second-order valence-electron chi connectivity index (χ2n) is 16.9. The molecule has 0 amide bonds. The minimum Gasteiger partial charge on any atom is -0.459 e. The number of rotatable bonds is 10. The van der Waals surface area contributed by atoms with E-state index in [0.717, 1.165) is 19.3 Å². The smallest absolute Gasteiger partial charge is 0.311 e. The minimum absolute atomic E-state index is 0.0630. The lowest BCUT2D eigenvalue weighted by Crippen LogP contribution is -2.59. The van der Waals surface area contributed by atoms with Crippen LogP contribution in [-0.2, 0) is 49.3 Å². The second kappa shape index (κ2) is 18.2. The molecule has 0 radical (unpaired) electrons. The number of likely N-dealkylation sites (N-methyl/N-ethyl adjacent to an activating group) is 1. The summed E-state index contributed by atoms with van der Waals surface area (Å²) in [7, 11) is 3.87. The van der Waals surface area contributed by atoms with Crippen LogP contribution >= 0.6 is 0 Å². The van der Waals surface area contributed by atoms with E-state index >= 15 is 0 Å². The van der Waals surface area contributed by atoms with Gasteiger partial charge in [-0.2, -0.15) is 0 Å². The van der Waals surface area contributed by atoms with Crippen LogP contribution in [0.5, 0.6) is 0 Å². The van der Waals surface area contributed by atoms with E-state index in [1.165, 1.54) is 5.56 Å². The van der Waals surface area contributed by atoms with E-state index < -0.39 is 71.7 Å². The Labute approximate surface area is 322 Å². The van der Waals surface area contributed by atoms with E-state index in [2.05, 4.69) is 24.2 Å². The predicted octanol–water partition coefficient (Wildman–Crippen LogP) is 5.36. The highest BCUT2D eigenvalue weighted by atomic mass is 16.7. The normalized spacial score (nSPS) is 41.7. The number of hydrogen-bond donors (Lipinski definition) is 1. The number of cyclic esters (lactones) is 1. The van der Waals surface area contributed by atoms with E-state index in [4.69, 9.17) is 33.3 Å².